The van der Waals surface area contributed by atoms with Gasteiger partial charge in [-0.05, 0) is 25.1 Å². The number of anilines is 2. The second-order valence-corrected chi connectivity index (χ2v) is 9.15. The van der Waals surface area contributed by atoms with E-state index in [-0.39, 0.29) is 36.4 Å². The maximum atomic E-state index is 13.1. The molecule has 2 aliphatic heterocycles. The Kier molecular flexibility index (Phi) is 6.51. The van der Waals surface area contributed by atoms with Gasteiger partial charge in [0.25, 0.3) is 0 Å². The van der Waals surface area contributed by atoms with Crippen molar-refractivity contribution in [3.8, 4) is 0 Å². The summed E-state index contributed by atoms with van der Waals surface area (Å²) in [7, 11) is 0. The Morgan fingerprint density at radius 3 is 2.44 bits per heavy atom. The van der Waals surface area contributed by atoms with E-state index in [1.54, 1.807) is 4.90 Å². The lowest BCUT2D eigenvalue weighted by atomic mass is 10.1. The summed E-state index contributed by atoms with van der Waals surface area (Å²) in [5.74, 6) is 0.796. The van der Waals surface area contributed by atoms with Crippen molar-refractivity contribution >= 4 is 23.3 Å². The Balaban J connectivity index is 1.39. The maximum absolute atomic E-state index is 13.1. The fraction of sp³-hybridized carbons (Fsp3) is 0.500. The Labute approximate surface area is 196 Å². The van der Waals surface area contributed by atoms with E-state index in [2.05, 4.69) is 14.9 Å². The largest absolute Gasteiger partial charge is 0.416 e. The van der Waals surface area contributed by atoms with Gasteiger partial charge in [0, 0.05) is 62.5 Å². The molecule has 2 amide bonds. The van der Waals surface area contributed by atoms with Crippen LogP contribution in [0.2, 0.25) is 0 Å². The molecule has 182 valence electrons. The van der Waals surface area contributed by atoms with E-state index < -0.39 is 17.7 Å². The third kappa shape index (κ3) is 5.00. The first-order valence-electron chi connectivity index (χ1n) is 11.4. The van der Waals surface area contributed by atoms with Crippen LogP contribution in [-0.2, 0) is 15.8 Å². The Morgan fingerprint density at radius 2 is 1.79 bits per heavy atom. The third-order valence-electron chi connectivity index (χ3n) is 6.25. The number of carbonyl (C=O) groups is 2. The van der Waals surface area contributed by atoms with E-state index >= 15 is 0 Å². The number of hydrogen-bond donors (Lipinski definition) is 0. The molecule has 3 heterocycles. The van der Waals surface area contributed by atoms with Crippen LogP contribution < -0.4 is 9.80 Å². The molecule has 1 unspecified atom stereocenters. The van der Waals surface area contributed by atoms with Gasteiger partial charge in [-0.2, -0.15) is 13.2 Å². The minimum absolute atomic E-state index is 0.00184. The van der Waals surface area contributed by atoms with Crippen LogP contribution in [-0.4, -0.2) is 59.4 Å². The molecule has 0 bridgehead atoms. The van der Waals surface area contributed by atoms with Crippen LogP contribution in [0.3, 0.4) is 0 Å². The SMILES string of the molecule is Cc1cc(N2CCN(C(=O)C3CC(=O)N(c4cccc(C(F)(F)F)c4)C3)CC2)nc(C(C)C)n1. The van der Waals surface area contributed by atoms with Gasteiger partial charge in [-0.15, -0.1) is 0 Å². The van der Waals surface area contributed by atoms with Gasteiger partial charge in [-0.25, -0.2) is 9.97 Å². The van der Waals surface area contributed by atoms with E-state index in [4.69, 9.17) is 0 Å². The topological polar surface area (TPSA) is 69.6 Å². The number of nitrogens with zero attached hydrogens (tertiary/aromatic N) is 5. The van der Waals surface area contributed by atoms with E-state index in [1.807, 2.05) is 26.8 Å². The lowest BCUT2D eigenvalue weighted by molar-refractivity contribution is -0.137. The molecular formula is C24H28F3N5O2. The summed E-state index contributed by atoms with van der Waals surface area (Å²) in [5.41, 5.74) is 0.246. The summed E-state index contributed by atoms with van der Waals surface area (Å²) >= 11 is 0. The second kappa shape index (κ2) is 9.23. The Hall–Kier alpha value is -3.17. The Bertz CT molecular complexity index is 1080. The fourth-order valence-corrected chi connectivity index (χ4v) is 4.38. The van der Waals surface area contributed by atoms with E-state index in [0.29, 0.717) is 26.2 Å². The van der Waals surface area contributed by atoms with Crippen LogP contribution >= 0.6 is 0 Å². The third-order valence-corrected chi connectivity index (χ3v) is 6.25. The standard InChI is InChI=1S/C24H28F3N5O2/c1-15(2)22-28-16(3)11-20(29-22)30-7-9-31(10-8-30)23(34)17-12-21(33)32(14-17)19-6-4-5-18(13-19)24(25,26)27/h4-6,11,13,15,17H,7-10,12,14H2,1-3H3. The highest BCUT2D eigenvalue weighted by Gasteiger charge is 2.39. The van der Waals surface area contributed by atoms with Gasteiger partial charge in [-0.3, -0.25) is 9.59 Å². The summed E-state index contributed by atoms with van der Waals surface area (Å²) < 4.78 is 39.2. The van der Waals surface area contributed by atoms with Crippen molar-refractivity contribution < 1.29 is 22.8 Å². The molecule has 2 fully saturated rings. The minimum Gasteiger partial charge on any atom is -0.353 e. The number of aromatic nitrogens is 2. The van der Waals surface area contributed by atoms with Crippen LogP contribution in [0.25, 0.3) is 0 Å². The number of piperazine rings is 1. The molecule has 10 heteroatoms. The molecule has 0 spiro atoms. The molecule has 34 heavy (non-hydrogen) atoms. The van der Waals surface area contributed by atoms with Crippen LogP contribution in [0.1, 0.15) is 43.3 Å². The molecule has 2 aromatic rings. The number of aryl methyl sites for hydroxylation is 1. The number of amides is 2. The van der Waals surface area contributed by atoms with Crippen molar-refractivity contribution in [2.75, 3.05) is 42.5 Å². The zero-order valence-corrected chi connectivity index (χ0v) is 19.5. The van der Waals surface area contributed by atoms with Gasteiger partial charge in [0.2, 0.25) is 11.8 Å². The monoisotopic (exact) mass is 475 g/mol. The van der Waals surface area contributed by atoms with Crippen LogP contribution in [0, 0.1) is 12.8 Å². The number of alkyl halides is 3. The van der Waals surface area contributed by atoms with Crippen molar-refractivity contribution in [3.05, 3.63) is 47.4 Å². The van der Waals surface area contributed by atoms with E-state index in [0.717, 1.165) is 29.5 Å². The average Bonchev–Trinajstić information content (AvgIpc) is 3.19. The summed E-state index contributed by atoms with van der Waals surface area (Å²) in [5, 5.41) is 0. The van der Waals surface area contributed by atoms with Gasteiger partial charge >= 0.3 is 6.18 Å². The van der Waals surface area contributed by atoms with Crippen molar-refractivity contribution in [1.82, 2.24) is 14.9 Å². The van der Waals surface area contributed by atoms with E-state index in [9.17, 15) is 22.8 Å². The van der Waals surface area contributed by atoms with Crippen LogP contribution in [0.5, 0.6) is 0 Å². The zero-order valence-electron chi connectivity index (χ0n) is 19.5. The number of carbonyl (C=O) groups excluding carboxylic acids is 2. The lowest BCUT2D eigenvalue weighted by Gasteiger charge is -2.36. The van der Waals surface area contributed by atoms with Gasteiger partial charge in [0.05, 0.1) is 11.5 Å². The number of rotatable bonds is 4. The predicted molar refractivity (Wildman–Crippen MR) is 122 cm³/mol. The first-order valence-corrected chi connectivity index (χ1v) is 11.4. The highest BCUT2D eigenvalue weighted by molar-refractivity contribution is 6.00. The molecule has 0 N–H and O–H groups in total. The van der Waals surface area contributed by atoms with E-state index in [1.165, 1.54) is 17.0 Å². The maximum Gasteiger partial charge on any atom is 0.416 e. The first kappa shape index (κ1) is 24.0. The molecule has 1 aromatic carbocycles. The van der Waals surface area contributed by atoms with Gasteiger partial charge in [0.1, 0.15) is 11.6 Å². The molecule has 0 saturated carbocycles. The second-order valence-electron chi connectivity index (χ2n) is 9.15. The molecule has 4 rings (SSSR count). The van der Waals surface area contributed by atoms with Crippen molar-refractivity contribution in [1.29, 1.82) is 0 Å². The van der Waals surface area contributed by atoms with Gasteiger partial charge in [0.15, 0.2) is 0 Å². The van der Waals surface area contributed by atoms with Crippen molar-refractivity contribution in [2.24, 2.45) is 5.92 Å². The summed E-state index contributed by atoms with van der Waals surface area (Å²) in [6.45, 7) is 8.31. The normalized spacial score (nSPS) is 19.3. The minimum atomic E-state index is -4.49. The van der Waals surface area contributed by atoms with Crippen molar-refractivity contribution in [3.63, 3.8) is 0 Å². The number of halogens is 3. The summed E-state index contributed by atoms with van der Waals surface area (Å²) in [4.78, 5) is 39.9. The fourth-order valence-electron chi connectivity index (χ4n) is 4.38. The highest BCUT2D eigenvalue weighted by Crippen LogP contribution is 2.34. The number of hydrogen-bond acceptors (Lipinski definition) is 5. The molecule has 1 aromatic heterocycles. The molecule has 0 radical (unpaired) electrons. The quantitative estimate of drug-likeness (QED) is 0.676. The van der Waals surface area contributed by atoms with Crippen LogP contribution in [0.15, 0.2) is 30.3 Å². The molecular weight excluding hydrogens is 447 g/mol. The lowest BCUT2D eigenvalue weighted by Crippen LogP contribution is -2.51. The van der Waals surface area contributed by atoms with Gasteiger partial charge < -0.3 is 14.7 Å². The Morgan fingerprint density at radius 1 is 1.09 bits per heavy atom. The molecule has 2 saturated heterocycles. The van der Waals surface area contributed by atoms with Crippen molar-refractivity contribution in [2.45, 2.75) is 39.3 Å². The first-order chi connectivity index (χ1) is 16.0. The predicted octanol–water partition coefficient (Wildman–Crippen LogP) is 3.63. The summed E-state index contributed by atoms with van der Waals surface area (Å²) in [6.07, 6.45) is -4.50. The molecule has 7 nitrogen and oxygen atoms in total. The molecule has 0 aliphatic carbocycles. The van der Waals surface area contributed by atoms with Crippen LogP contribution in [0.4, 0.5) is 24.7 Å². The molecule has 1 atom stereocenters. The average molecular weight is 476 g/mol. The zero-order chi connectivity index (χ0) is 24.6. The molecule has 2 aliphatic rings. The number of benzene rings is 1. The highest BCUT2D eigenvalue weighted by atomic mass is 19.4. The summed E-state index contributed by atoms with van der Waals surface area (Å²) in [6, 6.07) is 6.60. The smallest absolute Gasteiger partial charge is 0.353 e. The van der Waals surface area contributed by atoms with Gasteiger partial charge in [-0.1, -0.05) is 19.9 Å².